The third-order valence-electron chi connectivity index (χ3n) is 6.18. The van der Waals surface area contributed by atoms with Gasteiger partial charge in [0.25, 0.3) is 5.13 Å². The van der Waals surface area contributed by atoms with Gasteiger partial charge < -0.3 is 14.4 Å². The van der Waals surface area contributed by atoms with Crippen molar-refractivity contribution in [3.05, 3.63) is 23.2 Å². The number of benzene rings is 1. The van der Waals surface area contributed by atoms with Crippen LogP contribution < -0.4 is 9.62 Å². The molecule has 0 spiro atoms. The zero-order valence-electron chi connectivity index (χ0n) is 22.3. The second kappa shape index (κ2) is 13.1. The van der Waals surface area contributed by atoms with E-state index in [4.69, 9.17) is 4.74 Å². The van der Waals surface area contributed by atoms with E-state index in [1.165, 1.54) is 0 Å². The number of alkyl halides is 3. The smallest absolute Gasteiger partial charge is 0.457 e. The van der Waals surface area contributed by atoms with Gasteiger partial charge >= 0.3 is 11.5 Å². The number of halogens is 3. The van der Waals surface area contributed by atoms with E-state index in [0.717, 1.165) is 55.5 Å². The number of aromatic nitrogens is 2. The summed E-state index contributed by atoms with van der Waals surface area (Å²) >= 11 is 0.558. The van der Waals surface area contributed by atoms with Gasteiger partial charge in [-0.25, -0.2) is 4.79 Å². The Hall–Kier alpha value is -2.41. The van der Waals surface area contributed by atoms with Crippen molar-refractivity contribution in [3.63, 3.8) is 0 Å². The molecule has 0 unspecified atom stereocenters. The Morgan fingerprint density at radius 3 is 2.55 bits per heavy atom. The lowest BCUT2D eigenvalue weighted by Gasteiger charge is -2.41. The van der Waals surface area contributed by atoms with Crippen molar-refractivity contribution in [2.45, 2.75) is 90.3 Å². The highest BCUT2D eigenvalue weighted by Gasteiger charge is 2.31. The topological polar surface area (TPSA) is 92.1 Å². The van der Waals surface area contributed by atoms with Gasteiger partial charge in [0.2, 0.25) is 5.01 Å². The molecule has 1 N–H and O–H groups in total. The van der Waals surface area contributed by atoms with Crippen LogP contribution in [0.4, 0.5) is 35.4 Å². The van der Waals surface area contributed by atoms with E-state index in [1.807, 2.05) is 13.0 Å². The lowest BCUT2D eigenvalue weighted by atomic mass is 9.90. The molecular formula is C25H35F3N6O2S2. The maximum Gasteiger partial charge on any atom is 0.461 e. The molecule has 0 saturated heterocycles. The van der Waals surface area contributed by atoms with E-state index in [1.54, 1.807) is 12.1 Å². The summed E-state index contributed by atoms with van der Waals surface area (Å²) < 4.78 is 46.9. The number of rotatable bonds is 11. The normalized spacial score (nSPS) is 15.3. The van der Waals surface area contributed by atoms with Crippen LogP contribution in [0, 0.1) is 5.92 Å². The largest absolute Gasteiger partial charge is 0.461 e. The summed E-state index contributed by atoms with van der Waals surface area (Å²) in [5, 5.41) is 16.0. The van der Waals surface area contributed by atoms with E-state index in [0.29, 0.717) is 12.5 Å². The number of esters is 1. The van der Waals surface area contributed by atoms with Gasteiger partial charge in [0.15, 0.2) is 0 Å². The van der Waals surface area contributed by atoms with Gasteiger partial charge in [0, 0.05) is 17.8 Å². The van der Waals surface area contributed by atoms with Crippen LogP contribution in [0.3, 0.4) is 0 Å². The second-order valence-electron chi connectivity index (χ2n) is 10.3. The first kappa shape index (κ1) is 30.1. The molecule has 1 aromatic heterocycles. The molecule has 13 heteroatoms. The Balaban J connectivity index is 1.81. The molecule has 8 nitrogen and oxygen atoms in total. The predicted octanol–water partition coefficient (Wildman–Crippen LogP) is 8.67. The van der Waals surface area contributed by atoms with Gasteiger partial charge in [0.1, 0.15) is 11.8 Å². The molecule has 1 aliphatic carbocycles. The summed E-state index contributed by atoms with van der Waals surface area (Å²) in [6.45, 7) is 11.2. The molecule has 3 rings (SSSR count). The van der Waals surface area contributed by atoms with Crippen LogP contribution in [0.25, 0.3) is 0 Å². The number of nitrogens with one attached hydrogen (secondary N) is 1. The lowest BCUT2D eigenvalue weighted by molar-refractivity contribution is -0.0324. The average Bonchev–Trinajstić information content (AvgIpc) is 3.31. The first-order chi connectivity index (χ1) is 17.9. The van der Waals surface area contributed by atoms with E-state index in [-0.39, 0.29) is 45.1 Å². The predicted molar refractivity (Wildman–Crippen MR) is 147 cm³/mol. The molecule has 2 aromatic rings. The van der Waals surface area contributed by atoms with Gasteiger partial charge in [0.05, 0.1) is 17.6 Å². The first-order valence-corrected chi connectivity index (χ1v) is 14.4. The van der Waals surface area contributed by atoms with E-state index in [2.05, 4.69) is 57.7 Å². The van der Waals surface area contributed by atoms with Gasteiger partial charge in [-0.3, -0.25) is 0 Å². The Morgan fingerprint density at radius 2 is 1.92 bits per heavy atom. The minimum Gasteiger partial charge on any atom is -0.457 e. The number of hydrogen-bond donors (Lipinski definition) is 1. The Bertz CT molecular complexity index is 1100. The molecule has 0 amide bonds. The van der Waals surface area contributed by atoms with E-state index < -0.39 is 11.5 Å². The number of carbonyl (C=O) groups is 1. The molecule has 0 atom stereocenters. The molecule has 1 aromatic carbocycles. The molecule has 1 fully saturated rings. The van der Waals surface area contributed by atoms with Crippen molar-refractivity contribution in [3.8, 4) is 0 Å². The van der Waals surface area contributed by atoms with E-state index >= 15 is 0 Å². The maximum absolute atomic E-state index is 13.0. The van der Waals surface area contributed by atoms with Crippen molar-refractivity contribution in [2.24, 2.45) is 16.1 Å². The molecule has 1 saturated carbocycles. The van der Waals surface area contributed by atoms with Gasteiger partial charge in [-0.2, -0.15) is 13.2 Å². The number of hydrogen-bond acceptors (Lipinski definition) is 10. The van der Waals surface area contributed by atoms with Crippen molar-refractivity contribution in [1.82, 2.24) is 10.2 Å². The molecule has 38 heavy (non-hydrogen) atoms. The summed E-state index contributed by atoms with van der Waals surface area (Å²) in [6.07, 6.45) is 5.66. The molecule has 1 aliphatic rings. The van der Waals surface area contributed by atoms with Crippen molar-refractivity contribution < 1.29 is 22.7 Å². The SMILES string of the molecule is CCN(c1ccc(N=Nc2nnc(C(=O)OC3CCCCC3)s2)c(NSC(F)(F)F)c1)C(C)(C)CC(C)C. The highest BCUT2D eigenvalue weighted by atomic mass is 32.2. The number of anilines is 2. The zero-order chi connectivity index (χ0) is 27.9. The highest BCUT2D eigenvalue weighted by Crippen LogP contribution is 2.39. The molecule has 210 valence electrons. The quantitative estimate of drug-likeness (QED) is 0.164. The Kier molecular flexibility index (Phi) is 10.4. The summed E-state index contributed by atoms with van der Waals surface area (Å²) in [5.74, 6) is -0.102. The lowest BCUT2D eigenvalue weighted by Crippen LogP contribution is -2.45. The first-order valence-electron chi connectivity index (χ1n) is 12.8. The number of ether oxygens (including phenoxy) is 1. The zero-order valence-corrected chi connectivity index (χ0v) is 24.0. The van der Waals surface area contributed by atoms with Crippen LogP contribution in [0.1, 0.15) is 82.9 Å². The Labute approximate surface area is 230 Å². The summed E-state index contributed by atoms with van der Waals surface area (Å²) in [5.41, 5.74) is -3.57. The molecular weight excluding hydrogens is 537 g/mol. The number of azo groups is 1. The average molecular weight is 573 g/mol. The fourth-order valence-corrected chi connectivity index (χ4v) is 5.80. The molecule has 0 aliphatic heterocycles. The fraction of sp³-hybridized carbons (Fsp3) is 0.640. The minimum absolute atomic E-state index is 0.0665. The van der Waals surface area contributed by atoms with Gasteiger partial charge in [-0.1, -0.05) is 31.6 Å². The third kappa shape index (κ3) is 8.82. The van der Waals surface area contributed by atoms with Gasteiger partial charge in [-0.15, -0.1) is 20.4 Å². The monoisotopic (exact) mass is 572 g/mol. The number of nitrogens with zero attached hydrogens (tertiary/aromatic N) is 5. The van der Waals surface area contributed by atoms with Crippen molar-refractivity contribution in [1.29, 1.82) is 0 Å². The van der Waals surface area contributed by atoms with Gasteiger partial charge in [-0.05, 0) is 77.0 Å². The molecule has 0 radical (unpaired) electrons. The number of carbonyl (C=O) groups excluding carboxylic acids is 1. The maximum atomic E-state index is 13.0. The Morgan fingerprint density at radius 1 is 1.21 bits per heavy atom. The van der Waals surface area contributed by atoms with Crippen LogP contribution >= 0.6 is 23.3 Å². The van der Waals surface area contributed by atoms with Crippen molar-refractivity contribution >= 4 is 51.4 Å². The standard InChI is InChI=1S/C25H35F3N6O2S2/c1-6-34(24(4,5)15-16(2)3)17-12-13-19(20(14-17)33-38-25(26,27)28)29-31-23-32-30-21(37-23)22(35)36-18-10-8-7-9-11-18/h12-14,16,18,33H,6-11,15H2,1-5H3. The van der Waals surface area contributed by atoms with Crippen LogP contribution in [0.2, 0.25) is 0 Å². The molecule has 0 bridgehead atoms. The summed E-state index contributed by atoms with van der Waals surface area (Å²) in [6, 6.07) is 5.08. The highest BCUT2D eigenvalue weighted by molar-refractivity contribution is 8.01. The van der Waals surface area contributed by atoms with E-state index in [9.17, 15) is 18.0 Å². The summed E-state index contributed by atoms with van der Waals surface area (Å²) in [7, 11) is 0. The van der Waals surface area contributed by atoms with Crippen molar-refractivity contribution in [2.75, 3.05) is 16.2 Å². The third-order valence-corrected chi connectivity index (χ3v) is 7.52. The fourth-order valence-electron chi connectivity index (χ4n) is 4.86. The molecule has 1 heterocycles. The second-order valence-corrected chi connectivity index (χ2v) is 12.1. The van der Waals surface area contributed by atoms with Crippen LogP contribution in [0.5, 0.6) is 0 Å². The van der Waals surface area contributed by atoms with Crippen LogP contribution in [0.15, 0.2) is 28.4 Å². The summed E-state index contributed by atoms with van der Waals surface area (Å²) in [4.78, 5) is 14.6. The van der Waals surface area contributed by atoms with Crippen LogP contribution in [-0.2, 0) is 4.74 Å². The minimum atomic E-state index is -4.49. The van der Waals surface area contributed by atoms with Crippen LogP contribution in [-0.4, -0.2) is 39.9 Å².